The van der Waals surface area contributed by atoms with Crippen LogP contribution in [0.25, 0.3) is 0 Å². The molecule has 2 N–H and O–H groups in total. The van der Waals surface area contributed by atoms with Crippen molar-refractivity contribution in [2.75, 3.05) is 25.9 Å². The molecule has 0 heterocycles. The Kier molecular flexibility index (Phi) is 4.01. The van der Waals surface area contributed by atoms with Crippen LogP contribution in [0.2, 0.25) is 0 Å². The average molecular weight is 284 g/mol. The van der Waals surface area contributed by atoms with Crippen molar-refractivity contribution < 1.29 is 13.2 Å². The van der Waals surface area contributed by atoms with E-state index in [-0.39, 0.29) is 4.90 Å². The number of nitrogen functional groups attached to an aromatic ring is 1. The predicted molar refractivity (Wildman–Crippen MR) is 74.6 cm³/mol. The summed E-state index contributed by atoms with van der Waals surface area (Å²) in [5.41, 5.74) is 6.11. The van der Waals surface area contributed by atoms with Gasteiger partial charge in [-0.05, 0) is 37.0 Å². The van der Waals surface area contributed by atoms with Crippen molar-refractivity contribution in [1.82, 2.24) is 4.31 Å². The Labute approximate surface area is 114 Å². The number of hydrogen-bond acceptors (Lipinski definition) is 4. The topological polar surface area (TPSA) is 72.6 Å². The van der Waals surface area contributed by atoms with E-state index >= 15 is 0 Å². The molecule has 1 aromatic carbocycles. The summed E-state index contributed by atoms with van der Waals surface area (Å²) in [6, 6.07) is 4.59. The second-order valence-corrected chi connectivity index (χ2v) is 6.74. The maximum absolute atomic E-state index is 12.5. The molecule has 1 fully saturated rings. The van der Waals surface area contributed by atoms with Gasteiger partial charge in [-0.1, -0.05) is 6.92 Å². The number of methoxy groups -OCH3 is 1. The molecule has 106 valence electrons. The zero-order valence-corrected chi connectivity index (χ0v) is 12.1. The molecule has 6 heteroatoms. The molecule has 0 atom stereocenters. The molecule has 0 amide bonds. The second-order valence-electron chi connectivity index (χ2n) is 4.80. The fourth-order valence-corrected chi connectivity index (χ4v) is 3.57. The van der Waals surface area contributed by atoms with Gasteiger partial charge in [0, 0.05) is 13.1 Å². The minimum absolute atomic E-state index is 0.230. The van der Waals surface area contributed by atoms with Crippen LogP contribution in [0.5, 0.6) is 5.75 Å². The molecule has 1 aliphatic rings. The molecule has 0 spiro atoms. The average Bonchev–Trinajstić information content (AvgIpc) is 3.19. The quantitative estimate of drug-likeness (QED) is 0.807. The number of benzene rings is 1. The summed E-state index contributed by atoms with van der Waals surface area (Å²) in [5.74, 6) is 1.01. The van der Waals surface area contributed by atoms with Crippen molar-refractivity contribution in [3.63, 3.8) is 0 Å². The summed E-state index contributed by atoms with van der Waals surface area (Å²) in [6.07, 6.45) is 2.24. The van der Waals surface area contributed by atoms with E-state index in [9.17, 15) is 8.42 Å². The minimum atomic E-state index is -3.46. The first kappa shape index (κ1) is 14.1. The van der Waals surface area contributed by atoms with Crippen molar-refractivity contribution in [2.45, 2.75) is 24.7 Å². The van der Waals surface area contributed by atoms with E-state index in [4.69, 9.17) is 10.5 Å². The van der Waals surface area contributed by atoms with Crippen LogP contribution in [-0.2, 0) is 10.0 Å². The SMILES string of the molecule is CCN(CC1CC1)S(=O)(=O)c1ccc(OC)c(N)c1. The highest BCUT2D eigenvalue weighted by atomic mass is 32.2. The number of ether oxygens (including phenoxy) is 1. The molecule has 0 unspecified atom stereocenters. The van der Waals surface area contributed by atoms with Crippen molar-refractivity contribution >= 4 is 15.7 Å². The molecule has 2 rings (SSSR count). The van der Waals surface area contributed by atoms with Gasteiger partial charge in [-0.15, -0.1) is 0 Å². The van der Waals surface area contributed by atoms with Crippen molar-refractivity contribution in [1.29, 1.82) is 0 Å². The lowest BCUT2D eigenvalue weighted by atomic mass is 10.3. The van der Waals surface area contributed by atoms with E-state index < -0.39 is 10.0 Å². The Balaban J connectivity index is 2.28. The van der Waals surface area contributed by atoms with Gasteiger partial charge in [0.05, 0.1) is 17.7 Å². The number of nitrogens with zero attached hydrogens (tertiary/aromatic N) is 1. The highest BCUT2D eigenvalue weighted by Gasteiger charge is 2.30. The van der Waals surface area contributed by atoms with Crippen LogP contribution in [0.1, 0.15) is 19.8 Å². The molecule has 5 nitrogen and oxygen atoms in total. The van der Waals surface area contributed by atoms with E-state index in [1.165, 1.54) is 17.5 Å². The van der Waals surface area contributed by atoms with Gasteiger partial charge in [0.2, 0.25) is 10.0 Å². The number of sulfonamides is 1. The first-order chi connectivity index (χ1) is 8.98. The van der Waals surface area contributed by atoms with E-state index in [2.05, 4.69) is 0 Å². The van der Waals surface area contributed by atoms with Crippen LogP contribution in [0.4, 0.5) is 5.69 Å². The smallest absolute Gasteiger partial charge is 0.243 e. The lowest BCUT2D eigenvalue weighted by Gasteiger charge is -2.20. The summed E-state index contributed by atoms with van der Waals surface area (Å²) in [4.78, 5) is 0.230. The maximum atomic E-state index is 12.5. The standard InChI is InChI=1S/C13H20N2O3S/c1-3-15(9-10-4-5-10)19(16,17)11-6-7-13(18-2)12(14)8-11/h6-8,10H,3-5,9,14H2,1-2H3. The first-order valence-corrected chi connectivity index (χ1v) is 7.86. The van der Waals surface area contributed by atoms with Crippen LogP contribution in [0.3, 0.4) is 0 Å². The highest BCUT2D eigenvalue weighted by molar-refractivity contribution is 7.89. The summed E-state index contributed by atoms with van der Waals surface area (Å²) in [7, 11) is -1.95. The first-order valence-electron chi connectivity index (χ1n) is 6.42. The van der Waals surface area contributed by atoms with Crippen LogP contribution < -0.4 is 10.5 Å². The predicted octanol–water partition coefficient (Wildman–Crippen LogP) is 1.70. The van der Waals surface area contributed by atoms with Gasteiger partial charge in [0.25, 0.3) is 0 Å². The minimum Gasteiger partial charge on any atom is -0.495 e. The van der Waals surface area contributed by atoms with E-state index in [1.807, 2.05) is 6.92 Å². The Morgan fingerprint density at radius 3 is 2.58 bits per heavy atom. The second kappa shape index (κ2) is 5.38. The monoisotopic (exact) mass is 284 g/mol. The molecule has 0 aliphatic heterocycles. The Morgan fingerprint density at radius 1 is 1.42 bits per heavy atom. The molecular formula is C13H20N2O3S. The zero-order valence-electron chi connectivity index (χ0n) is 11.3. The zero-order chi connectivity index (χ0) is 14.0. The van der Waals surface area contributed by atoms with Crippen molar-refractivity contribution in [3.8, 4) is 5.75 Å². The summed E-state index contributed by atoms with van der Waals surface area (Å²) >= 11 is 0. The lowest BCUT2D eigenvalue weighted by molar-refractivity contribution is 0.410. The van der Waals surface area contributed by atoms with Crippen LogP contribution in [-0.4, -0.2) is 32.9 Å². The van der Waals surface area contributed by atoms with Crippen molar-refractivity contribution in [2.24, 2.45) is 5.92 Å². The Morgan fingerprint density at radius 2 is 2.11 bits per heavy atom. The van der Waals surface area contributed by atoms with Crippen molar-refractivity contribution in [3.05, 3.63) is 18.2 Å². The fourth-order valence-electron chi connectivity index (χ4n) is 2.01. The lowest BCUT2D eigenvalue weighted by Crippen LogP contribution is -2.32. The normalized spacial score (nSPS) is 15.7. The molecule has 0 radical (unpaired) electrons. The van der Waals surface area contributed by atoms with Gasteiger partial charge in [0.1, 0.15) is 5.75 Å². The maximum Gasteiger partial charge on any atom is 0.243 e. The van der Waals surface area contributed by atoms with Gasteiger partial charge in [0.15, 0.2) is 0 Å². The van der Waals surface area contributed by atoms with Crippen LogP contribution in [0, 0.1) is 5.92 Å². The third kappa shape index (κ3) is 3.01. The molecule has 0 aromatic heterocycles. The molecular weight excluding hydrogens is 264 g/mol. The third-order valence-electron chi connectivity index (χ3n) is 3.35. The van der Waals surface area contributed by atoms with Crippen LogP contribution in [0.15, 0.2) is 23.1 Å². The summed E-state index contributed by atoms with van der Waals surface area (Å²) in [5, 5.41) is 0. The van der Waals surface area contributed by atoms with Gasteiger partial charge < -0.3 is 10.5 Å². The van der Waals surface area contributed by atoms with Gasteiger partial charge in [-0.25, -0.2) is 8.42 Å². The third-order valence-corrected chi connectivity index (χ3v) is 5.29. The van der Waals surface area contributed by atoms with E-state index in [0.29, 0.717) is 30.4 Å². The molecule has 0 bridgehead atoms. The summed E-state index contributed by atoms with van der Waals surface area (Å²) in [6.45, 7) is 2.93. The van der Waals surface area contributed by atoms with Gasteiger partial charge in [-0.2, -0.15) is 4.31 Å². The molecule has 1 aromatic rings. The molecule has 0 saturated heterocycles. The van der Waals surface area contributed by atoms with Crippen LogP contribution >= 0.6 is 0 Å². The Hall–Kier alpha value is -1.27. The largest absolute Gasteiger partial charge is 0.495 e. The molecule has 1 aliphatic carbocycles. The number of nitrogens with two attached hydrogens (primary N) is 1. The summed E-state index contributed by atoms with van der Waals surface area (Å²) < 4.78 is 31.6. The highest BCUT2D eigenvalue weighted by Crippen LogP contribution is 2.32. The van der Waals surface area contributed by atoms with Gasteiger partial charge in [-0.3, -0.25) is 0 Å². The molecule has 1 saturated carbocycles. The van der Waals surface area contributed by atoms with E-state index in [0.717, 1.165) is 12.8 Å². The molecule has 19 heavy (non-hydrogen) atoms. The van der Waals surface area contributed by atoms with E-state index in [1.54, 1.807) is 12.1 Å². The Bertz CT molecular complexity index is 553. The number of hydrogen-bond donors (Lipinski definition) is 1. The number of anilines is 1. The number of rotatable bonds is 6. The van der Waals surface area contributed by atoms with Gasteiger partial charge >= 0.3 is 0 Å². The fraction of sp³-hybridized carbons (Fsp3) is 0.538.